The molecule has 0 bridgehead atoms. The van der Waals surface area contributed by atoms with Gasteiger partial charge in [0, 0.05) is 7.11 Å². The second-order valence-corrected chi connectivity index (χ2v) is 6.99. The summed E-state index contributed by atoms with van der Waals surface area (Å²) < 4.78 is 30.0. The highest BCUT2D eigenvalue weighted by atomic mass is 32.2. The number of carbonyl (C=O) groups is 1. The highest BCUT2D eigenvalue weighted by molar-refractivity contribution is 7.91. The fourth-order valence-corrected chi connectivity index (χ4v) is 3.28. The summed E-state index contributed by atoms with van der Waals surface area (Å²) >= 11 is 0. The summed E-state index contributed by atoms with van der Waals surface area (Å²) in [7, 11) is -2.20. The van der Waals surface area contributed by atoms with E-state index in [1.54, 1.807) is 25.1 Å². The van der Waals surface area contributed by atoms with Crippen LogP contribution in [0.15, 0.2) is 58.3 Å². The molecule has 7 nitrogen and oxygen atoms in total. The number of benzene rings is 2. The van der Waals surface area contributed by atoms with E-state index in [0.717, 1.165) is 0 Å². The molecule has 128 valence electrons. The summed E-state index contributed by atoms with van der Waals surface area (Å²) in [5, 5.41) is 5.07. The Morgan fingerprint density at radius 1 is 1.12 bits per heavy atom. The van der Waals surface area contributed by atoms with E-state index in [9.17, 15) is 13.2 Å². The zero-order valence-corrected chi connectivity index (χ0v) is 14.1. The molecule has 0 saturated heterocycles. The van der Waals surface area contributed by atoms with Crippen molar-refractivity contribution in [1.82, 2.24) is 5.32 Å². The lowest BCUT2D eigenvalue weighted by molar-refractivity contribution is 0.0984. The molecule has 0 saturated carbocycles. The zero-order chi connectivity index (χ0) is 17.7. The lowest BCUT2D eigenvalue weighted by atomic mass is 10.3. The van der Waals surface area contributed by atoms with Crippen molar-refractivity contribution in [3.05, 3.63) is 48.5 Å². The Bertz CT molecular complexity index is 822. The summed E-state index contributed by atoms with van der Waals surface area (Å²) in [5.41, 5.74) is 6.32. The third-order valence-corrected chi connectivity index (χ3v) is 5.09. The summed E-state index contributed by atoms with van der Waals surface area (Å²) in [4.78, 5) is 12.0. The monoisotopic (exact) mass is 349 g/mol. The number of amides is 2. The van der Waals surface area contributed by atoms with Gasteiger partial charge in [0.05, 0.1) is 21.2 Å². The van der Waals surface area contributed by atoms with Gasteiger partial charge >= 0.3 is 6.03 Å². The standard InChI is InChI=1S/C16H19N3O4S/c1-11(23-2)18-16(20)19-15-9-8-13(10-14(15)17)24(21,22)12-6-4-3-5-7-12/h3-11H,17H2,1-2H3,(H2,18,19,20). The van der Waals surface area contributed by atoms with E-state index in [-0.39, 0.29) is 15.5 Å². The molecule has 2 aromatic carbocycles. The Hall–Kier alpha value is -2.58. The molecular formula is C16H19N3O4S. The number of methoxy groups -OCH3 is 1. The minimum absolute atomic E-state index is 0.0578. The highest BCUT2D eigenvalue weighted by Gasteiger charge is 2.18. The van der Waals surface area contributed by atoms with Gasteiger partial charge in [0.15, 0.2) is 0 Å². The van der Waals surface area contributed by atoms with Crippen LogP contribution in [0.4, 0.5) is 16.2 Å². The normalized spacial score (nSPS) is 12.4. The number of nitrogens with two attached hydrogens (primary N) is 1. The maximum Gasteiger partial charge on any atom is 0.321 e. The van der Waals surface area contributed by atoms with Gasteiger partial charge in [-0.05, 0) is 37.3 Å². The van der Waals surface area contributed by atoms with Crippen LogP contribution in [0, 0.1) is 0 Å². The van der Waals surface area contributed by atoms with Crippen molar-refractivity contribution < 1.29 is 17.9 Å². The first kappa shape index (κ1) is 17.8. The highest BCUT2D eigenvalue weighted by Crippen LogP contribution is 2.26. The summed E-state index contributed by atoms with van der Waals surface area (Å²) in [6.07, 6.45) is -0.469. The van der Waals surface area contributed by atoms with Crippen LogP contribution in [-0.2, 0) is 14.6 Å². The van der Waals surface area contributed by atoms with Crippen LogP contribution < -0.4 is 16.4 Å². The van der Waals surface area contributed by atoms with Crippen molar-refractivity contribution in [2.75, 3.05) is 18.2 Å². The molecule has 0 spiro atoms. The maximum absolute atomic E-state index is 12.5. The van der Waals surface area contributed by atoms with Crippen molar-refractivity contribution in [3.63, 3.8) is 0 Å². The van der Waals surface area contributed by atoms with E-state index in [0.29, 0.717) is 5.69 Å². The Morgan fingerprint density at radius 2 is 1.79 bits per heavy atom. The van der Waals surface area contributed by atoms with E-state index in [4.69, 9.17) is 10.5 Å². The van der Waals surface area contributed by atoms with Crippen molar-refractivity contribution in [2.45, 2.75) is 22.9 Å². The zero-order valence-electron chi connectivity index (χ0n) is 13.3. The molecule has 1 unspecified atom stereocenters. The van der Waals surface area contributed by atoms with Crippen molar-refractivity contribution in [2.24, 2.45) is 0 Å². The summed E-state index contributed by atoms with van der Waals surface area (Å²) in [6, 6.07) is 11.7. The molecule has 0 heterocycles. The van der Waals surface area contributed by atoms with Crippen molar-refractivity contribution >= 4 is 27.2 Å². The Kier molecular flexibility index (Phi) is 5.42. The minimum Gasteiger partial charge on any atom is -0.397 e. The number of rotatable bonds is 5. The average Bonchev–Trinajstić information content (AvgIpc) is 2.57. The van der Waals surface area contributed by atoms with E-state index >= 15 is 0 Å². The molecule has 0 aliphatic rings. The number of urea groups is 1. The number of sulfone groups is 1. The van der Waals surface area contributed by atoms with Crippen LogP contribution in [-0.4, -0.2) is 27.8 Å². The minimum atomic E-state index is -3.66. The molecule has 0 aromatic heterocycles. The smallest absolute Gasteiger partial charge is 0.321 e. The van der Waals surface area contributed by atoms with Crippen LogP contribution in [0.5, 0.6) is 0 Å². The summed E-state index contributed by atoms with van der Waals surface area (Å²) in [5.74, 6) is 0. The molecule has 8 heteroatoms. The molecular weight excluding hydrogens is 330 g/mol. The molecule has 0 fully saturated rings. The van der Waals surface area contributed by atoms with Crippen LogP contribution >= 0.6 is 0 Å². The lowest BCUT2D eigenvalue weighted by Gasteiger charge is -2.14. The molecule has 0 radical (unpaired) electrons. The van der Waals surface area contributed by atoms with Gasteiger partial charge in [-0.1, -0.05) is 18.2 Å². The van der Waals surface area contributed by atoms with Crippen LogP contribution in [0.3, 0.4) is 0 Å². The molecule has 0 aliphatic carbocycles. The number of carbonyl (C=O) groups excluding carboxylic acids is 1. The molecule has 1 atom stereocenters. The molecule has 2 amide bonds. The molecule has 0 aliphatic heterocycles. The van der Waals surface area contributed by atoms with Gasteiger partial charge in [-0.25, -0.2) is 13.2 Å². The van der Waals surface area contributed by atoms with Gasteiger partial charge in [-0.2, -0.15) is 0 Å². The number of hydrogen-bond acceptors (Lipinski definition) is 5. The maximum atomic E-state index is 12.5. The number of ether oxygens (including phenoxy) is 1. The number of hydrogen-bond donors (Lipinski definition) is 3. The molecule has 4 N–H and O–H groups in total. The van der Waals surface area contributed by atoms with Crippen LogP contribution in [0.1, 0.15) is 6.92 Å². The van der Waals surface area contributed by atoms with Crippen LogP contribution in [0.2, 0.25) is 0 Å². The average molecular weight is 349 g/mol. The molecule has 24 heavy (non-hydrogen) atoms. The van der Waals surface area contributed by atoms with Gasteiger partial charge in [0.1, 0.15) is 6.23 Å². The number of nitrogens with one attached hydrogen (secondary N) is 2. The van der Waals surface area contributed by atoms with E-state index in [2.05, 4.69) is 10.6 Å². The van der Waals surface area contributed by atoms with Gasteiger partial charge < -0.3 is 21.1 Å². The van der Waals surface area contributed by atoms with Gasteiger partial charge in [0.25, 0.3) is 0 Å². The quantitative estimate of drug-likeness (QED) is 0.566. The third-order valence-electron chi connectivity index (χ3n) is 3.32. The summed E-state index contributed by atoms with van der Waals surface area (Å²) in [6.45, 7) is 1.67. The predicted molar refractivity (Wildman–Crippen MR) is 91.4 cm³/mol. The Labute approximate surface area is 140 Å². The van der Waals surface area contributed by atoms with Gasteiger partial charge in [0.2, 0.25) is 9.84 Å². The van der Waals surface area contributed by atoms with E-state index < -0.39 is 22.1 Å². The van der Waals surface area contributed by atoms with Crippen molar-refractivity contribution in [3.8, 4) is 0 Å². The first-order valence-corrected chi connectivity index (χ1v) is 8.63. The van der Waals surface area contributed by atoms with Gasteiger partial charge in [-0.3, -0.25) is 0 Å². The fraction of sp³-hybridized carbons (Fsp3) is 0.188. The largest absolute Gasteiger partial charge is 0.397 e. The van der Waals surface area contributed by atoms with E-state index in [1.165, 1.54) is 37.4 Å². The van der Waals surface area contributed by atoms with Crippen LogP contribution in [0.25, 0.3) is 0 Å². The second-order valence-electron chi connectivity index (χ2n) is 5.04. The Balaban J connectivity index is 2.23. The fourth-order valence-electron chi connectivity index (χ4n) is 1.96. The second kappa shape index (κ2) is 7.33. The first-order valence-electron chi connectivity index (χ1n) is 7.14. The molecule has 2 aromatic rings. The number of nitrogen functional groups attached to an aromatic ring is 1. The lowest BCUT2D eigenvalue weighted by Crippen LogP contribution is -2.37. The van der Waals surface area contributed by atoms with Gasteiger partial charge in [-0.15, -0.1) is 0 Å². The van der Waals surface area contributed by atoms with Crippen molar-refractivity contribution in [1.29, 1.82) is 0 Å². The Morgan fingerprint density at radius 3 is 2.38 bits per heavy atom. The molecule has 2 rings (SSSR count). The predicted octanol–water partition coefficient (Wildman–Crippen LogP) is 2.22. The first-order chi connectivity index (χ1) is 11.3. The third kappa shape index (κ3) is 4.03. The SMILES string of the molecule is COC(C)NC(=O)Nc1ccc(S(=O)(=O)c2ccccc2)cc1N. The van der Waals surface area contributed by atoms with E-state index in [1.807, 2.05) is 0 Å². The topological polar surface area (TPSA) is 111 Å². The number of anilines is 2.